The molecule has 0 saturated heterocycles. The van der Waals surface area contributed by atoms with E-state index in [0.717, 1.165) is 5.56 Å². The van der Waals surface area contributed by atoms with E-state index in [2.05, 4.69) is 25.2 Å². The highest BCUT2D eigenvalue weighted by atomic mass is 28.3. The van der Waals surface area contributed by atoms with Crippen LogP contribution in [0.5, 0.6) is 17.2 Å². The van der Waals surface area contributed by atoms with Gasteiger partial charge in [0.05, 0.1) is 26.6 Å². The molecule has 5 heteroatoms. The first-order valence-corrected chi connectivity index (χ1v) is 10.9. The standard InChI is InChI=1S/C19H26O4Si/c1-19(20,24(5,6)15-10-8-7-9-11-15)14-12-16(21-2)18(23-4)17(13-14)22-3/h7-13,20H,1-6H3. The van der Waals surface area contributed by atoms with E-state index in [9.17, 15) is 5.11 Å². The Balaban J connectivity index is 2.60. The quantitative estimate of drug-likeness (QED) is 0.817. The van der Waals surface area contributed by atoms with Crippen molar-refractivity contribution in [1.82, 2.24) is 0 Å². The van der Waals surface area contributed by atoms with E-state index in [0.29, 0.717) is 17.2 Å². The highest BCUT2D eigenvalue weighted by Gasteiger charge is 2.45. The second-order valence-corrected chi connectivity index (χ2v) is 11.3. The molecule has 0 aliphatic rings. The van der Waals surface area contributed by atoms with Gasteiger partial charge in [0.15, 0.2) is 11.5 Å². The molecule has 0 spiro atoms. The molecule has 0 aromatic heterocycles. The van der Waals surface area contributed by atoms with Crippen LogP contribution in [0.25, 0.3) is 0 Å². The summed E-state index contributed by atoms with van der Waals surface area (Å²) in [6.45, 7) is 6.18. The van der Waals surface area contributed by atoms with Crippen molar-refractivity contribution in [3.05, 3.63) is 48.0 Å². The zero-order chi connectivity index (χ0) is 18.0. The van der Waals surface area contributed by atoms with Crippen LogP contribution in [0.1, 0.15) is 12.5 Å². The van der Waals surface area contributed by atoms with E-state index in [1.807, 2.05) is 37.3 Å². The van der Waals surface area contributed by atoms with Gasteiger partial charge in [-0.2, -0.15) is 0 Å². The Morgan fingerprint density at radius 3 is 1.79 bits per heavy atom. The number of hydrogen-bond donors (Lipinski definition) is 1. The average Bonchev–Trinajstić information content (AvgIpc) is 2.60. The highest BCUT2D eigenvalue weighted by molar-refractivity contribution is 6.91. The fourth-order valence-electron chi connectivity index (χ4n) is 2.86. The molecule has 1 atom stereocenters. The maximum absolute atomic E-state index is 11.5. The molecule has 1 unspecified atom stereocenters. The lowest BCUT2D eigenvalue weighted by atomic mass is 10.1. The molecule has 0 saturated carbocycles. The predicted molar refractivity (Wildman–Crippen MR) is 99.2 cm³/mol. The summed E-state index contributed by atoms with van der Waals surface area (Å²) in [4.78, 5) is 0. The van der Waals surface area contributed by atoms with Gasteiger partial charge in [-0.3, -0.25) is 0 Å². The monoisotopic (exact) mass is 346 g/mol. The summed E-state index contributed by atoms with van der Waals surface area (Å²) in [6.07, 6.45) is 0. The summed E-state index contributed by atoms with van der Waals surface area (Å²) < 4.78 is 16.2. The van der Waals surface area contributed by atoms with Crippen LogP contribution in [0.15, 0.2) is 42.5 Å². The number of rotatable bonds is 6. The van der Waals surface area contributed by atoms with E-state index < -0.39 is 13.3 Å². The topological polar surface area (TPSA) is 47.9 Å². The largest absolute Gasteiger partial charge is 0.493 e. The van der Waals surface area contributed by atoms with Crippen molar-refractivity contribution in [2.24, 2.45) is 0 Å². The van der Waals surface area contributed by atoms with Crippen LogP contribution in [0.2, 0.25) is 13.1 Å². The summed E-state index contributed by atoms with van der Waals surface area (Å²) in [5, 5.41) is 11.7. The van der Waals surface area contributed by atoms with Crippen molar-refractivity contribution in [3.63, 3.8) is 0 Å². The molecule has 4 nitrogen and oxygen atoms in total. The molecule has 2 rings (SSSR count). The van der Waals surface area contributed by atoms with Crippen LogP contribution in [0, 0.1) is 0 Å². The molecule has 0 bridgehead atoms. The predicted octanol–water partition coefficient (Wildman–Crippen LogP) is 3.07. The second kappa shape index (κ2) is 6.87. The molecule has 0 aliphatic carbocycles. The zero-order valence-electron chi connectivity index (χ0n) is 15.2. The molecular weight excluding hydrogens is 320 g/mol. The summed E-state index contributed by atoms with van der Waals surface area (Å²) in [5.41, 5.74) is 0.762. The van der Waals surface area contributed by atoms with Gasteiger partial charge >= 0.3 is 0 Å². The van der Waals surface area contributed by atoms with Crippen LogP contribution in [0.4, 0.5) is 0 Å². The molecule has 2 aromatic carbocycles. The Hall–Kier alpha value is -1.98. The maximum atomic E-state index is 11.5. The molecule has 0 heterocycles. The minimum absolute atomic E-state index is 0.527. The van der Waals surface area contributed by atoms with Gasteiger partial charge < -0.3 is 19.3 Å². The Bertz CT molecular complexity index is 671. The maximum Gasteiger partial charge on any atom is 0.203 e. The van der Waals surface area contributed by atoms with Crippen molar-refractivity contribution >= 4 is 13.3 Å². The zero-order valence-corrected chi connectivity index (χ0v) is 16.2. The normalized spacial score (nSPS) is 14.0. The van der Waals surface area contributed by atoms with Crippen molar-refractivity contribution < 1.29 is 19.3 Å². The minimum atomic E-state index is -2.24. The van der Waals surface area contributed by atoms with Gasteiger partial charge in [0.25, 0.3) is 0 Å². The third kappa shape index (κ3) is 3.01. The van der Waals surface area contributed by atoms with E-state index in [1.54, 1.807) is 21.3 Å². The molecule has 1 N–H and O–H groups in total. The number of ether oxygens (including phenoxy) is 3. The van der Waals surface area contributed by atoms with Gasteiger partial charge in [-0.05, 0) is 24.6 Å². The summed E-state index contributed by atoms with van der Waals surface area (Å²) in [5.74, 6) is 1.62. The van der Waals surface area contributed by atoms with Gasteiger partial charge in [-0.15, -0.1) is 0 Å². The van der Waals surface area contributed by atoms with Crippen LogP contribution in [0.3, 0.4) is 0 Å². The Kier molecular flexibility index (Phi) is 5.25. The molecular formula is C19H26O4Si. The first-order chi connectivity index (χ1) is 11.3. The first-order valence-electron chi connectivity index (χ1n) is 7.88. The molecule has 0 fully saturated rings. The molecule has 0 radical (unpaired) electrons. The lowest BCUT2D eigenvalue weighted by Gasteiger charge is -2.39. The number of hydrogen-bond acceptors (Lipinski definition) is 4. The summed E-state index contributed by atoms with van der Waals surface area (Å²) >= 11 is 0. The van der Waals surface area contributed by atoms with E-state index in [1.165, 1.54) is 5.19 Å². The highest BCUT2D eigenvalue weighted by Crippen LogP contribution is 2.43. The van der Waals surface area contributed by atoms with E-state index in [4.69, 9.17) is 14.2 Å². The number of benzene rings is 2. The van der Waals surface area contributed by atoms with Gasteiger partial charge in [0.1, 0.15) is 8.07 Å². The van der Waals surface area contributed by atoms with Crippen molar-refractivity contribution in [2.45, 2.75) is 25.2 Å². The number of aliphatic hydroxyl groups is 1. The van der Waals surface area contributed by atoms with Gasteiger partial charge in [-0.25, -0.2) is 0 Å². The molecule has 0 aliphatic heterocycles. The van der Waals surface area contributed by atoms with Crippen molar-refractivity contribution in [1.29, 1.82) is 0 Å². The first kappa shape index (κ1) is 18.4. The van der Waals surface area contributed by atoms with Gasteiger partial charge in [0, 0.05) is 0 Å². The minimum Gasteiger partial charge on any atom is -0.493 e. The third-order valence-electron chi connectivity index (χ3n) is 4.94. The van der Waals surface area contributed by atoms with Crippen LogP contribution in [-0.2, 0) is 5.22 Å². The van der Waals surface area contributed by atoms with Crippen LogP contribution in [-0.4, -0.2) is 34.5 Å². The average molecular weight is 346 g/mol. The van der Waals surface area contributed by atoms with Crippen molar-refractivity contribution in [3.8, 4) is 17.2 Å². The van der Waals surface area contributed by atoms with Crippen LogP contribution < -0.4 is 19.4 Å². The van der Waals surface area contributed by atoms with Gasteiger partial charge in [0.2, 0.25) is 5.75 Å². The second-order valence-electron chi connectivity index (χ2n) is 6.48. The Morgan fingerprint density at radius 2 is 1.38 bits per heavy atom. The fourth-order valence-corrected chi connectivity index (χ4v) is 5.31. The lowest BCUT2D eigenvalue weighted by Crippen LogP contribution is -2.58. The lowest BCUT2D eigenvalue weighted by molar-refractivity contribution is 0.136. The molecule has 0 amide bonds. The summed E-state index contributed by atoms with van der Waals surface area (Å²) in [7, 11) is 2.48. The van der Waals surface area contributed by atoms with E-state index >= 15 is 0 Å². The molecule has 130 valence electrons. The summed E-state index contributed by atoms with van der Waals surface area (Å²) in [6, 6.07) is 13.8. The van der Waals surface area contributed by atoms with Crippen LogP contribution >= 0.6 is 0 Å². The number of methoxy groups -OCH3 is 3. The SMILES string of the molecule is COc1cc(C(C)(O)[Si](C)(C)c2ccccc2)cc(OC)c1OC. The molecule has 24 heavy (non-hydrogen) atoms. The molecule has 2 aromatic rings. The Morgan fingerprint density at radius 1 is 0.875 bits per heavy atom. The van der Waals surface area contributed by atoms with Gasteiger partial charge in [-0.1, -0.05) is 48.6 Å². The van der Waals surface area contributed by atoms with Crippen molar-refractivity contribution in [2.75, 3.05) is 21.3 Å². The van der Waals surface area contributed by atoms with E-state index in [-0.39, 0.29) is 0 Å². The third-order valence-corrected chi connectivity index (χ3v) is 9.44. The Labute approximate surface area is 145 Å². The smallest absolute Gasteiger partial charge is 0.203 e. The fraction of sp³-hybridized carbons (Fsp3) is 0.368.